The van der Waals surface area contributed by atoms with E-state index in [0.29, 0.717) is 12.0 Å². The van der Waals surface area contributed by atoms with Crippen LogP contribution in [0.4, 0.5) is 8.78 Å². The lowest BCUT2D eigenvalue weighted by Crippen LogP contribution is -2.36. The number of halogens is 2. The average Bonchev–Trinajstić information content (AvgIpc) is 2.26. The third-order valence-corrected chi connectivity index (χ3v) is 3.19. The lowest BCUT2D eigenvalue weighted by molar-refractivity contribution is -0.126. The monoisotopic (exact) mass is 241 g/mol. The number of Topliss-reactive ketones (excluding diaryl/α,β-unsaturated/α-hetero) is 1. The number of rotatable bonds is 5. The van der Waals surface area contributed by atoms with Crippen molar-refractivity contribution < 1.29 is 13.6 Å². The van der Waals surface area contributed by atoms with Crippen molar-refractivity contribution in [1.82, 2.24) is 0 Å². The maximum atomic E-state index is 13.0. The lowest BCUT2D eigenvalue weighted by Gasteiger charge is -2.24. The van der Waals surface area contributed by atoms with Crippen molar-refractivity contribution in [2.75, 3.05) is 6.54 Å². The standard InChI is InChI=1S/C13H17F2NO/c1-3-13(2,8-16)12(17)6-9-4-10(14)7-11(15)5-9/h4-5,7H,3,6,8,16H2,1-2H3. The molecular weight excluding hydrogens is 224 g/mol. The summed E-state index contributed by atoms with van der Waals surface area (Å²) in [5.74, 6) is -1.43. The summed E-state index contributed by atoms with van der Waals surface area (Å²) in [4.78, 5) is 12.0. The van der Waals surface area contributed by atoms with Crippen LogP contribution in [0.5, 0.6) is 0 Å². The third kappa shape index (κ3) is 3.33. The van der Waals surface area contributed by atoms with E-state index in [2.05, 4.69) is 0 Å². The van der Waals surface area contributed by atoms with E-state index in [9.17, 15) is 13.6 Å². The molecule has 0 aromatic heterocycles. The van der Waals surface area contributed by atoms with Gasteiger partial charge in [0.05, 0.1) is 0 Å². The summed E-state index contributed by atoms with van der Waals surface area (Å²) in [6.07, 6.45) is 0.621. The first-order chi connectivity index (χ1) is 7.91. The van der Waals surface area contributed by atoms with Crippen LogP contribution in [0.15, 0.2) is 18.2 Å². The van der Waals surface area contributed by atoms with Gasteiger partial charge in [0.1, 0.15) is 17.4 Å². The zero-order chi connectivity index (χ0) is 13.1. The molecule has 1 aromatic rings. The molecule has 2 nitrogen and oxygen atoms in total. The van der Waals surface area contributed by atoms with Gasteiger partial charge in [0.15, 0.2) is 0 Å². The largest absolute Gasteiger partial charge is 0.329 e. The quantitative estimate of drug-likeness (QED) is 0.860. The fraction of sp³-hybridized carbons (Fsp3) is 0.462. The van der Waals surface area contributed by atoms with Crippen molar-refractivity contribution >= 4 is 5.78 Å². The molecule has 17 heavy (non-hydrogen) atoms. The molecule has 4 heteroatoms. The molecule has 94 valence electrons. The third-order valence-electron chi connectivity index (χ3n) is 3.19. The molecule has 1 atom stereocenters. The van der Waals surface area contributed by atoms with Crippen molar-refractivity contribution in [3.05, 3.63) is 35.4 Å². The molecule has 1 unspecified atom stereocenters. The van der Waals surface area contributed by atoms with E-state index in [1.807, 2.05) is 6.92 Å². The minimum atomic E-state index is -0.668. The number of benzene rings is 1. The van der Waals surface area contributed by atoms with Gasteiger partial charge in [-0.15, -0.1) is 0 Å². The maximum Gasteiger partial charge on any atom is 0.144 e. The van der Waals surface area contributed by atoms with Gasteiger partial charge in [0, 0.05) is 24.4 Å². The molecule has 0 saturated carbocycles. The first kappa shape index (κ1) is 13.8. The van der Waals surface area contributed by atoms with E-state index in [0.717, 1.165) is 6.07 Å². The Labute approximate surface area is 99.8 Å². The van der Waals surface area contributed by atoms with Crippen LogP contribution in [0.25, 0.3) is 0 Å². The molecule has 0 aliphatic carbocycles. The Bertz CT molecular complexity index is 394. The Kier molecular flexibility index (Phi) is 4.34. The number of nitrogens with two attached hydrogens (primary N) is 1. The summed E-state index contributed by atoms with van der Waals surface area (Å²) in [5.41, 5.74) is 5.29. The van der Waals surface area contributed by atoms with E-state index < -0.39 is 17.0 Å². The SMILES string of the molecule is CCC(C)(CN)C(=O)Cc1cc(F)cc(F)c1. The molecule has 0 fully saturated rings. The second-order valence-electron chi connectivity index (χ2n) is 4.50. The Morgan fingerprint density at radius 2 is 1.82 bits per heavy atom. The molecule has 2 N–H and O–H groups in total. The Hall–Kier alpha value is -1.29. The second-order valence-corrected chi connectivity index (χ2v) is 4.50. The molecule has 0 radical (unpaired) electrons. The molecule has 0 saturated heterocycles. The predicted octanol–water partition coefficient (Wildman–Crippen LogP) is 2.45. The van der Waals surface area contributed by atoms with Gasteiger partial charge in [-0.25, -0.2) is 8.78 Å². The van der Waals surface area contributed by atoms with Crippen LogP contribution in [0, 0.1) is 17.0 Å². The van der Waals surface area contributed by atoms with Crippen LogP contribution >= 0.6 is 0 Å². The van der Waals surface area contributed by atoms with Gasteiger partial charge in [-0.05, 0) is 24.1 Å². The highest BCUT2D eigenvalue weighted by Crippen LogP contribution is 2.23. The number of hydrogen-bond donors (Lipinski definition) is 1. The summed E-state index contributed by atoms with van der Waals surface area (Å²) < 4.78 is 25.9. The van der Waals surface area contributed by atoms with Gasteiger partial charge < -0.3 is 5.73 Å². The van der Waals surface area contributed by atoms with E-state index in [1.54, 1.807) is 6.92 Å². The molecule has 0 aliphatic rings. The van der Waals surface area contributed by atoms with Gasteiger partial charge >= 0.3 is 0 Å². The highest BCUT2D eigenvalue weighted by atomic mass is 19.1. The average molecular weight is 241 g/mol. The number of hydrogen-bond acceptors (Lipinski definition) is 2. The Morgan fingerprint density at radius 1 is 1.29 bits per heavy atom. The van der Waals surface area contributed by atoms with E-state index in [1.165, 1.54) is 12.1 Å². The smallest absolute Gasteiger partial charge is 0.144 e. The van der Waals surface area contributed by atoms with Gasteiger partial charge in [-0.3, -0.25) is 4.79 Å². The lowest BCUT2D eigenvalue weighted by atomic mass is 9.80. The second kappa shape index (κ2) is 5.36. The van der Waals surface area contributed by atoms with E-state index in [-0.39, 0.29) is 18.7 Å². The highest BCUT2D eigenvalue weighted by Gasteiger charge is 2.29. The molecule has 1 aromatic carbocycles. The molecule has 0 aliphatic heterocycles. The van der Waals surface area contributed by atoms with Crippen molar-refractivity contribution in [2.45, 2.75) is 26.7 Å². The number of carbonyl (C=O) groups is 1. The zero-order valence-electron chi connectivity index (χ0n) is 10.1. The van der Waals surface area contributed by atoms with Crippen LogP contribution in [-0.4, -0.2) is 12.3 Å². The minimum Gasteiger partial charge on any atom is -0.329 e. The fourth-order valence-corrected chi connectivity index (χ4v) is 1.57. The molecule has 0 spiro atoms. The summed E-state index contributed by atoms with van der Waals surface area (Å²) >= 11 is 0. The van der Waals surface area contributed by atoms with Crippen LogP contribution in [-0.2, 0) is 11.2 Å². The number of ketones is 1. The molecule has 0 bridgehead atoms. The van der Waals surface area contributed by atoms with Crippen molar-refractivity contribution in [3.63, 3.8) is 0 Å². The van der Waals surface area contributed by atoms with E-state index in [4.69, 9.17) is 5.73 Å². The predicted molar refractivity (Wildman–Crippen MR) is 62.5 cm³/mol. The topological polar surface area (TPSA) is 43.1 Å². The van der Waals surface area contributed by atoms with Crippen molar-refractivity contribution in [3.8, 4) is 0 Å². The minimum absolute atomic E-state index is 0.0101. The maximum absolute atomic E-state index is 13.0. The van der Waals surface area contributed by atoms with Crippen molar-refractivity contribution in [2.24, 2.45) is 11.1 Å². The molecule has 1 rings (SSSR count). The van der Waals surface area contributed by atoms with Gasteiger partial charge in [0.25, 0.3) is 0 Å². The van der Waals surface area contributed by atoms with Crippen LogP contribution in [0.3, 0.4) is 0 Å². The molecular formula is C13H17F2NO. The zero-order valence-corrected chi connectivity index (χ0v) is 10.1. The Morgan fingerprint density at radius 3 is 2.24 bits per heavy atom. The summed E-state index contributed by atoms with van der Waals surface area (Å²) in [6.45, 7) is 3.88. The Balaban J connectivity index is 2.87. The van der Waals surface area contributed by atoms with Crippen LogP contribution in [0.2, 0.25) is 0 Å². The van der Waals surface area contributed by atoms with E-state index >= 15 is 0 Å². The van der Waals surface area contributed by atoms with Crippen molar-refractivity contribution in [1.29, 1.82) is 0 Å². The van der Waals surface area contributed by atoms with Crippen LogP contribution in [0.1, 0.15) is 25.8 Å². The normalized spacial score (nSPS) is 14.4. The first-order valence-corrected chi connectivity index (χ1v) is 5.59. The van der Waals surface area contributed by atoms with Crippen LogP contribution < -0.4 is 5.73 Å². The van der Waals surface area contributed by atoms with Gasteiger partial charge in [0.2, 0.25) is 0 Å². The van der Waals surface area contributed by atoms with Gasteiger partial charge in [-0.2, -0.15) is 0 Å². The molecule has 0 amide bonds. The number of carbonyl (C=O) groups excluding carboxylic acids is 1. The fourth-order valence-electron chi connectivity index (χ4n) is 1.57. The van der Waals surface area contributed by atoms with Gasteiger partial charge in [-0.1, -0.05) is 13.8 Å². The first-order valence-electron chi connectivity index (χ1n) is 5.59. The summed E-state index contributed by atoms with van der Waals surface area (Å²) in [6, 6.07) is 3.14. The highest BCUT2D eigenvalue weighted by molar-refractivity contribution is 5.86. The summed E-state index contributed by atoms with van der Waals surface area (Å²) in [5, 5.41) is 0. The molecule has 0 heterocycles. The summed E-state index contributed by atoms with van der Waals surface area (Å²) in [7, 11) is 0.